The number of hydrogen-bond acceptors (Lipinski definition) is 4. The average Bonchev–Trinajstić information content (AvgIpc) is 2.85. The first-order chi connectivity index (χ1) is 11.9. The van der Waals surface area contributed by atoms with Crippen molar-refractivity contribution in [2.45, 2.75) is 13.8 Å². The van der Waals surface area contributed by atoms with Crippen molar-refractivity contribution in [2.24, 2.45) is 0 Å². The van der Waals surface area contributed by atoms with Crippen LogP contribution in [-0.2, 0) is 4.79 Å². The van der Waals surface area contributed by atoms with E-state index in [0.717, 1.165) is 11.1 Å². The van der Waals surface area contributed by atoms with E-state index in [-0.39, 0.29) is 22.4 Å². The van der Waals surface area contributed by atoms with Gasteiger partial charge in [0, 0.05) is 6.07 Å². The average molecular weight is 353 g/mol. The Labute approximate surface area is 149 Å². The zero-order valence-electron chi connectivity index (χ0n) is 13.6. The Balaban J connectivity index is 2.03. The van der Waals surface area contributed by atoms with Gasteiger partial charge in [0.25, 0.3) is 11.6 Å². The molecule has 0 radical (unpaired) electrons. The number of benzene rings is 2. The summed E-state index contributed by atoms with van der Waals surface area (Å²) >= 11 is 5.30. The van der Waals surface area contributed by atoms with Crippen LogP contribution in [0.15, 0.2) is 48.2 Å². The fourth-order valence-corrected chi connectivity index (χ4v) is 2.95. The normalized spacial score (nSPS) is 15.6. The number of carbonyl (C=O) groups excluding carboxylic acids is 1. The Hall–Kier alpha value is -3.06. The molecule has 1 N–H and O–H groups in total. The highest BCUT2D eigenvalue weighted by atomic mass is 32.1. The maximum Gasteiger partial charge on any atom is 0.281 e. The summed E-state index contributed by atoms with van der Waals surface area (Å²) in [6, 6.07) is 11.9. The molecule has 1 heterocycles. The summed E-state index contributed by atoms with van der Waals surface area (Å²) in [5, 5.41) is 14.3. The topological polar surface area (TPSA) is 75.5 Å². The quantitative estimate of drug-likeness (QED) is 0.396. The van der Waals surface area contributed by atoms with Crippen molar-refractivity contribution in [3.8, 4) is 0 Å². The van der Waals surface area contributed by atoms with Gasteiger partial charge in [0.1, 0.15) is 5.70 Å². The van der Waals surface area contributed by atoms with Crippen LogP contribution >= 0.6 is 12.2 Å². The molecule has 1 aliphatic heterocycles. The number of thiocarbonyl (C=S) groups is 1. The third kappa shape index (κ3) is 3.01. The van der Waals surface area contributed by atoms with Crippen molar-refractivity contribution >= 4 is 40.7 Å². The Bertz CT molecular complexity index is 937. The molecule has 0 spiro atoms. The Morgan fingerprint density at radius 2 is 1.88 bits per heavy atom. The van der Waals surface area contributed by atoms with Crippen LogP contribution in [-0.4, -0.2) is 15.9 Å². The van der Waals surface area contributed by atoms with Gasteiger partial charge in [0.2, 0.25) is 0 Å². The summed E-state index contributed by atoms with van der Waals surface area (Å²) < 4.78 is 0. The summed E-state index contributed by atoms with van der Waals surface area (Å²) in [6.07, 6.45) is 1.46. The van der Waals surface area contributed by atoms with Crippen LogP contribution in [0.3, 0.4) is 0 Å². The molecule has 0 atom stereocenters. The predicted molar refractivity (Wildman–Crippen MR) is 100 cm³/mol. The number of carbonyl (C=O) groups is 1. The van der Waals surface area contributed by atoms with E-state index in [1.807, 2.05) is 32.0 Å². The monoisotopic (exact) mass is 353 g/mol. The number of amides is 1. The van der Waals surface area contributed by atoms with Gasteiger partial charge in [-0.3, -0.25) is 19.8 Å². The summed E-state index contributed by atoms with van der Waals surface area (Å²) in [4.78, 5) is 24.9. The minimum Gasteiger partial charge on any atom is -0.327 e. The molecule has 25 heavy (non-hydrogen) atoms. The van der Waals surface area contributed by atoms with Gasteiger partial charge < -0.3 is 5.32 Å². The molecule has 0 unspecified atom stereocenters. The second kappa shape index (κ2) is 6.45. The maximum atomic E-state index is 12.8. The van der Waals surface area contributed by atoms with E-state index in [4.69, 9.17) is 12.2 Å². The Morgan fingerprint density at radius 1 is 1.16 bits per heavy atom. The van der Waals surface area contributed by atoms with Gasteiger partial charge in [0.05, 0.1) is 16.2 Å². The lowest BCUT2D eigenvalue weighted by molar-refractivity contribution is -0.385. The molecule has 0 aliphatic carbocycles. The molecule has 2 aromatic carbocycles. The van der Waals surface area contributed by atoms with Crippen LogP contribution < -0.4 is 10.2 Å². The van der Waals surface area contributed by atoms with Crippen LogP contribution in [0, 0.1) is 24.0 Å². The van der Waals surface area contributed by atoms with E-state index in [1.165, 1.54) is 17.0 Å². The second-order valence-electron chi connectivity index (χ2n) is 5.66. The van der Waals surface area contributed by atoms with Crippen molar-refractivity contribution in [1.82, 2.24) is 5.32 Å². The van der Waals surface area contributed by atoms with Crippen LogP contribution in [0.25, 0.3) is 6.08 Å². The molecule has 0 aromatic heterocycles. The summed E-state index contributed by atoms with van der Waals surface area (Å²) in [5.41, 5.74) is 3.18. The van der Waals surface area contributed by atoms with E-state index in [0.29, 0.717) is 11.3 Å². The van der Waals surface area contributed by atoms with Crippen molar-refractivity contribution in [3.05, 3.63) is 75.0 Å². The summed E-state index contributed by atoms with van der Waals surface area (Å²) in [7, 11) is 0. The van der Waals surface area contributed by atoms with Crippen LogP contribution in [0.1, 0.15) is 16.7 Å². The molecule has 1 aliphatic rings. The molecule has 6 nitrogen and oxygen atoms in total. The number of nitrogens with zero attached hydrogens (tertiary/aromatic N) is 2. The van der Waals surface area contributed by atoms with Crippen molar-refractivity contribution in [1.29, 1.82) is 0 Å². The molecule has 2 aromatic rings. The lowest BCUT2D eigenvalue weighted by Gasteiger charge is -2.17. The first-order valence-electron chi connectivity index (χ1n) is 7.57. The fraction of sp³-hybridized carbons (Fsp3) is 0.111. The molecular formula is C18H15N3O3S. The van der Waals surface area contributed by atoms with Crippen molar-refractivity contribution < 1.29 is 9.72 Å². The molecule has 1 fully saturated rings. The van der Waals surface area contributed by atoms with Gasteiger partial charge in [-0.15, -0.1) is 0 Å². The molecule has 1 amide bonds. The molecule has 7 heteroatoms. The number of hydrogen-bond donors (Lipinski definition) is 1. The molecule has 3 rings (SSSR count). The van der Waals surface area contributed by atoms with Gasteiger partial charge in [-0.05, 0) is 55.4 Å². The van der Waals surface area contributed by atoms with E-state index < -0.39 is 4.92 Å². The molecule has 1 saturated heterocycles. The lowest BCUT2D eigenvalue weighted by Crippen LogP contribution is -2.31. The third-order valence-corrected chi connectivity index (χ3v) is 4.41. The zero-order valence-corrected chi connectivity index (χ0v) is 14.5. The van der Waals surface area contributed by atoms with Crippen LogP contribution in [0.2, 0.25) is 0 Å². The number of nitrogens with one attached hydrogen (secondary N) is 1. The largest absolute Gasteiger partial charge is 0.327 e. The second-order valence-corrected chi connectivity index (χ2v) is 6.05. The highest BCUT2D eigenvalue weighted by Crippen LogP contribution is 2.28. The zero-order chi connectivity index (χ0) is 18.1. The number of anilines is 1. The number of aryl methyl sites for hydroxylation is 1. The Morgan fingerprint density at radius 3 is 2.60 bits per heavy atom. The maximum absolute atomic E-state index is 12.8. The number of nitro benzene ring substituents is 1. The number of rotatable bonds is 3. The predicted octanol–water partition coefficient (Wildman–Crippen LogP) is 3.47. The molecular weight excluding hydrogens is 338 g/mol. The van der Waals surface area contributed by atoms with Gasteiger partial charge in [-0.1, -0.05) is 24.3 Å². The fourth-order valence-electron chi connectivity index (χ4n) is 2.66. The highest BCUT2D eigenvalue weighted by Gasteiger charge is 2.33. The third-order valence-electron chi connectivity index (χ3n) is 4.13. The van der Waals surface area contributed by atoms with Crippen molar-refractivity contribution in [3.63, 3.8) is 0 Å². The van der Waals surface area contributed by atoms with Crippen molar-refractivity contribution in [2.75, 3.05) is 4.90 Å². The minimum absolute atomic E-state index is 0.0688. The lowest BCUT2D eigenvalue weighted by atomic mass is 10.1. The molecule has 0 saturated carbocycles. The van der Waals surface area contributed by atoms with Gasteiger partial charge in [-0.2, -0.15) is 0 Å². The minimum atomic E-state index is -0.480. The van der Waals surface area contributed by atoms with E-state index in [9.17, 15) is 14.9 Å². The van der Waals surface area contributed by atoms with Gasteiger partial charge in [0.15, 0.2) is 5.11 Å². The first-order valence-corrected chi connectivity index (χ1v) is 7.97. The number of nitro groups is 1. The Kier molecular flexibility index (Phi) is 4.33. The SMILES string of the molecule is Cc1cccc(N2C(=O)/C(=C\c3ccccc3[N+](=O)[O-])NC2=S)c1C. The van der Waals surface area contributed by atoms with E-state index >= 15 is 0 Å². The van der Waals surface area contributed by atoms with Crippen LogP contribution in [0.5, 0.6) is 0 Å². The summed E-state index contributed by atoms with van der Waals surface area (Å²) in [6.45, 7) is 3.88. The van der Waals surface area contributed by atoms with Gasteiger partial charge in [-0.25, -0.2) is 0 Å². The molecule has 0 bridgehead atoms. The highest BCUT2D eigenvalue weighted by molar-refractivity contribution is 7.80. The van der Waals surface area contributed by atoms with Gasteiger partial charge >= 0.3 is 0 Å². The summed E-state index contributed by atoms with van der Waals surface area (Å²) in [5.74, 6) is -0.336. The van der Waals surface area contributed by atoms with Crippen LogP contribution in [0.4, 0.5) is 11.4 Å². The smallest absolute Gasteiger partial charge is 0.281 e. The van der Waals surface area contributed by atoms with E-state index in [2.05, 4.69) is 5.32 Å². The standard InChI is InChI=1S/C18H15N3O3S/c1-11-6-5-9-15(12(11)2)20-17(22)14(19-18(20)25)10-13-7-3-4-8-16(13)21(23)24/h3-10H,1-2H3,(H,19,25)/b14-10+. The molecule has 126 valence electrons. The first kappa shape index (κ1) is 16.8. The number of para-hydroxylation sites is 1. The van der Waals surface area contributed by atoms with E-state index in [1.54, 1.807) is 18.2 Å².